The molecule has 2 aliphatic rings. The highest BCUT2D eigenvalue weighted by atomic mass is 35.5. The van der Waals surface area contributed by atoms with E-state index in [4.69, 9.17) is 22.1 Å². The Labute approximate surface area is 164 Å². The van der Waals surface area contributed by atoms with Crippen LogP contribution in [0.4, 0.5) is 10.1 Å². The number of halogens is 2. The summed E-state index contributed by atoms with van der Waals surface area (Å²) in [4.78, 5) is 27.1. The van der Waals surface area contributed by atoms with Gasteiger partial charge in [0.25, 0.3) is 0 Å². The Morgan fingerprint density at radius 1 is 1.52 bits per heavy atom. The molecule has 1 saturated heterocycles. The van der Waals surface area contributed by atoms with Gasteiger partial charge in [-0.1, -0.05) is 23.4 Å². The molecule has 0 radical (unpaired) electrons. The number of pyridine rings is 1. The largest absolute Gasteiger partial charge is 0.462 e. The number of carbonyl (C=O) groups is 1. The van der Waals surface area contributed by atoms with Gasteiger partial charge in [0.15, 0.2) is 0 Å². The Balaban J connectivity index is 2.01. The Kier molecular flexibility index (Phi) is 4.60. The van der Waals surface area contributed by atoms with Crippen LogP contribution in [0.15, 0.2) is 15.9 Å². The lowest BCUT2D eigenvalue weighted by atomic mass is 10.1. The lowest BCUT2D eigenvalue weighted by Gasteiger charge is -2.34. The summed E-state index contributed by atoms with van der Waals surface area (Å²) >= 11 is 8.00. The minimum absolute atomic E-state index is 0.0343. The number of nitrogens with zero attached hydrogens (tertiary/aromatic N) is 2. The number of hydrogen-bond donors (Lipinski definition) is 1. The summed E-state index contributed by atoms with van der Waals surface area (Å²) < 4.78 is 21.8. The highest BCUT2D eigenvalue weighted by Crippen LogP contribution is 2.49. The van der Waals surface area contributed by atoms with Crippen molar-refractivity contribution in [3.63, 3.8) is 0 Å². The third-order valence-electron chi connectivity index (χ3n) is 4.98. The predicted molar refractivity (Wildman–Crippen MR) is 105 cm³/mol. The molecular weight excluding hydrogens is 393 g/mol. The van der Waals surface area contributed by atoms with Crippen molar-refractivity contribution in [1.82, 2.24) is 4.57 Å². The molecule has 0 spiro atoms. The van der Waals surface area contributed by atoms with Gasteiger partial charge < -0.3 is 19.9 Å². The van der Waals surface area contributed by atoms with Gasteiger partial charge in [0.1, 0.15) is 11.4 Å². The van der Waals surface area contributed by atoms with Gasteiger partial charge in [0, 0.05) is 19.1 Å². The second kappa shape index (κ2) is 6.68. The molecule has 3 heterocycles. The lowest BCUT2D eigenvalue weighted by molar-refractivity contribution is 0.0518. The third-order valence-corrected chi connectivity index (χ3v) is 6.51. The van der Waals surface area contributed by atoms with Crippen molar-refractivity contribution in [3.8, 4) is 0 Å². The first-order valence-electron chi connectivity index (χ1n) is 8.79. The number of aromatic nitrogens is 1. The fraction of sp³-hybridized carbons (Fsp3) is 0.444. The molecule has 2 aliphatic heterocycles. The predicted octanol–water partition coefficient (Wildman–Crippen LogP) is 3.13. The highest BCUT2D eigenvalue weighted by Gasteiger charge is 2.36. The van der Waals surface area contributed by atoms with Gasteiger partial charge in [0.05, 0.1) is 38.6 Å². The van der Waals surface area contributed by atoms with Crippen molar-refractivity contribution < 1.29 is 13.9 Å². The number of nitrogens with two attached hydrogens (primary N) is 1. The average Bonchev–Trinajstić information content (AvgIpc) is 3.02. The van der Waals surface area contributed by atoms with Gasteiger partial charge in [0.2, 0.25) is 5.43 Å². The molecule has 0 amide bonds. The topological polar surface area (TPSA) is 77.6 Å². The smallest absolute Gasteiger partial charge is 0.344 e. The van der Waals surface area contributed by atoms with Crippen LogP contribution in [0.1, 0.15) is 36.0 Å². The Hall–Kier alpha value is -1.77. The van der Waals surface area contributed by atoms with Crippen molar-refractivity contribution in [2.24, 2.45) is 5.73 Å². The SMILES string of the molecule is CCOC(=O)c1c2n(c3c(Cl)c(N4CC[C@@H](N)C4)c(F)cc3c1=O)C(C)S2. The molecule has 1 aromatic carbocycles. The standard InChI is InChI=1S/C18H19ClFN3O3S/c1-3-26-18(25)12-16(24)10-6-11(20)15(22-5-4-9(21)7-22)13(19)14(10)23-8(2)27-17(12)23/h6,8-9H,3-5,7,21H2,1-2H3/t8?,9-/m1/s1. The van der Waals surface area contributed by atoms with Crippen molar-refractivity contribution in [1.29, 1.82) is 0 Å². The maximum absolute atomic E-state index is 14.9. The molecule has 1 fully saturated rings. The molecule has 4 rings (SSSR count). The van der Waals surface area contributed by atoms with Crippen LogP contribution < -0.4 is 16.1 Å². The van der Waals surface area contributed by atoms with E-state index in [2.05, 4.69) is 0 Å². The first-order chi connectivity index (χ1) is 12.8. The van der Waals surface area contributed by atoms with E-state index in [1.807, 2.05) is 16.4 Å². The molecule has 0 aliphatic carbocycles. The van der Waals surface area contributed by atoms with E-state index in [-0.39, 0.29) is 39.7 Å². The van der Waals surface area contributed by atoms with Gasteiger partial charge in [-0.2, -0.15) is 0 Å². The number of rotatable bonds is 3. The van der Waals surface area contributed by atoms with Crippen LogP contribution in [-0.2, 0) is 4.74 Å². The molecule has 144 valence electrons. The number of esters is 1. The van der Waals surface area contributed by atoms with E-state index in [0.29, 0.717) is 23.6 Å². The number of benzene rings is 1. The van der Waals surface area contributed by atoms with E-state index in [0.717, 1.165) is 6.42 Å². The van der Waals surface area contributed by atoms with Crippen LogP contribution in [0.2, 0.25) is 5.02 Å². The lowest BCUT2D eigenvalue weighted by Crippen LogP contribution is -2.30. The normalized spacial score (nSPS) is 21.3. The molecular formula is C18H19ClFN3O3S. The Morgan fingerprint density at radius 2 is 2.26 bits per heavy atom. The summed E-state index contributed by atoms with van der Waals surface area (Å²) in [6.45, 7) is 4.86. The van der Waals surface area contributed by atoms with Crippen LogP contribution in [0.5, 0.6) is 0 Å². The molecule has 6 nitrogen and oxygen atoms in total. The summed E-state index contributed by atoms with van der Waals surface area (Å²) in [6.07, 6.45) is 0.750. The molecule has 2 N–H and O–H groups in total. The zero-order valence-corrected chi connectivity index (χ0v) is 16.5. The molecule has 27 heavy (non-hydrogen) atoms. The second-order valence-corrected chi connectivity index (χ2v) is 8.41. The number of ether oxygens (including phenoxy) is 1. The van der Waals surface area contributed by atoms with E-state index >= 15 is 0 Å². The Bertz CT molecular complexity index is 1030. The second-order valence-electron chi connectivity index (χ2n) is 6.73. The van der Waals surface area contributed by atoms with Gasteiger partial charge >= 0.3 is 5.97 Å². The number of hydrogen-bond acceptors (Lipinski definition) is 6. The molecule has 2 atom stereocenters. The first-order valence-corrected chi connectivity index (χ1v) is 10.0. The van der Waals surface area contributed by atoms with Crippen LogP contribution >= 0.6 is 23.4 Å². The zero-order valence-electron chi connectivity index (χ0n) is 14.9. The fourth-order valence-corrected chi connectivity index (χ4v) is 5.29. The Morgan fingerprint density at radius 3 is 2.85 bits per heavy atom. The van der Waals surface area contributed by atoms with Gasteiger partial charge in [-0.05, 0) is 26.3 Å². The first kappa shape index (κ1) is 18.6. The van der Waals surface area contributed by atoms with Crippen molar-refractivity contribution in [2.75, 3.05) is 24.6 Å². The van der Waals surface area contributed by atoms with Crippen molar-refractivity contribution in [2.45, 2.75) is 36.7 Å². The minimum atomic E-state index is -0.696. The van der Waals surface area contributed by atoms with Gasteiger partial charge in [-0.3, -0.25) is 4.79 Å². The third kappa shape index (κ3) is 2.73. The fourth-order valence-electron chi connectivity index (χ4n) is 3.75. The van der Waals surface area contributed by atoms with Crippen molar-refractivity contribution in [3.05, 3.63) is 32.7 Å². The van der Waals surface area contributed by atoms with E-state index < -0.39 is 17.2 Å². The quantitative estimate of drug-likeness (QED) is 0.782. The van der Waals surface area contributed by atoms with E-state index in [1.54, 1.807) is 6.92 Å². The van der Waals surface area contributed by atoms with E-state index in [1.165, 1.54) is 17.8 Å². The summed E-state index contributed by atoms with van der Waals surface area (Å²) in [5, 5.41) is 0.743. The summed E-state index contributed by atoms with van der Waals surface area (Å²) in [6, 6.07) is 1.14. The number of anilines is 1. The summed E-state index contributed by atoms with van der Waals surface area (Å²) in [7, 11) is 0. The monoisotopic (exact) mass is 411 g/mol. The summed E-state index contributed by atoms with van der Waals surface area (Å²) in [5.74, 6) is -1.28. The molecule has 0 saturated carbocycles. The number of thioether (sulfide) groups is 1. The highest BCUT2D eigenvalue weighted by molar-refractivity contribution is 8.00. The van der Waals surface area contributed by atoms with E-state index in [9.17, 15) is 14.0 Å². The number of fused-ring (bicyclic) bond motifs is 3. The number of carbonyl (C=O) groups excluding carboxylic acids is 1. The average molecular weight is 412 g/mol. The molecule has 1 unspecified atom stereocenters. The van der Waals surface area contributed by atoms with Crippen LogP contribution in [-0.4, -0.2) is 36.3 Å². The maximum atomic E-state index is 14.9. The molecule has 0 bridgehead atoms. The molecule has 1 aromatic heterocycles. The van der Waals surface area contributed by atoms with Crippen molar-refractivity contribution >= 4 is 45.9 Å². The van der Waals surface area contributed by atoms with Crippen LogP contribution in [0.3, 0.4) is 0 Å². The van der Waals surface area contributed by atoms with Crippen LogP contribution in [0, 0.1) is 5.82 Å². The van der Waals surface area contributed by atoms with Gasteiger partial charge in [-0.15, -0.1) is 0 Å². The van der Waals surface area contributed by atoms with Crippen LogP contribution in [0.25, 0.3) is 10.9 Å². The van der Waals surface area contributed by atoms with Gasteiger partial charge in [-0.25, -0.2) is 9.18 Å². The summed E-state index contributed by atoms with van der Waals surface area (Å²) in [5.41, 5.74) is 6.05. The minimum Gasteiger partial charge on any atom is -0.462 e. The molecule has 9 heteroatoms. The molecule has 2 aromatic rings. The zero-order chi connectivity index (χ0) is 19.5. The maximum Gasteiger partial charge on any atom is 0.344 e.